The molecule has 1 atom stereocenters. The Bertz CT molecular complexity index is 340. The van der Waals surface area contributed by atoms with Crippen molar-refractivity contribution in [3.05, 3.63) is 12.2 Å². The lowest BCUT2D eigenvalue weighted by Crippen LogP contribution is -2.48. The summed E-state index contributed by atoms with van der Waals surface area (Å²) in [4.78, 5) is 34.2. The van der Waals surface area contributed by atoms with E-state index in [9.17, 15) is 14.4 Å². The highest BCUT2D eigenvalue weighted by Crippen LogP contribution is 1.97. The van der Waals surface area contributed by atoms with Gasteiger partial charge in [-0.3, -0.25) is 4.79 Å². The molecule has 0 aliphatic carbocycles. The summed E-state index contributed by atoms with van der Waals surface area (Å²) < 4.78 is 0. The molecule has 4 N–H and O–H groups in total. The molecule has 7 nitrogen and oxygen atoms in total. The molecule has 3 amide bonds. The molecule has 0 radical (unpaired) electrons. The van der Waals surface area contributed by atoms with E-state index in [-0.39, 0.29) is 0 Å². The van der Waals surface area contributed by atoms with Crippen LogP contribution in [-0.2, 0) is 9.59 Å². The fourth-order valence-electron chi connectivity index (χ4n) is 1.14. The van der Waals surface area contributed by atoms with Gasteiger partial charge in [-0.15, -0.1) is 0 Å². The van der Waals surface area contributed by atoms with Crippen LogP contribution in [0, 0.1) is 0 Å². The Kier molecular flexibility index (Phi) is 5.73. The second-order valence-corrected chi connectivity index (χ2v) is 3.82. The quantitative estimate of drug-likeness (QED) is 0.547. The molecule has 1 unspecified atom stereocenters. The number of nitrogens with two attached hydrogens (primary N) is 1. The molecule has 0 saturated heterocycles. The van der Waals surface area contributed by atoms with Crippen LogP contribution in [0.4, 0.5) is 4.79 Å². The van der Waals surface area contributed by atoms with E-state index in [0.717, 1.165) is 5.57 Å². The molecular formula is C10H17N3O4. The molecule has 96 valence electrons. The summed E-state index contributed by atoms with van der Waals surface area (Å²) in [6.07, 6.45) is -0.442. The van der Waals surface area contributed by atoms with Crippen molar-refractivity contribution in [3.8, 4) is 0 Å². The number of hydrogen-bond donors (Lipinski definition) is 3. The average Bonchev–Trinajstić information content (AvgIpc) is 2.14. The number of aliphatic carboxylic acids is 1. The smallest absolute Gasteiger partial charge is 0.326 e. The van der Waals surface area contributed by atoms with E-state index in [1.165, 1.54) is 11.9 Å². The number of primary amides is 1. The van der Waals surface area contributed by atoms with Gasteiger partial charge in [0.05, 0.1) is 6.42 Å². The minimum Gasteiger partial charge on any atom is -0.480 e. The van der Waals surface area contributed by atoms with Crippen molar-refractivity contribution in [2.24, 2.45) is 5.73 Å². The van der Waals surface area contributed by atoms with Gasteiger partial charge in [0, 0.05) is 13.6 Å². The van der Waals surface area contributed by atoms with E-state index < -0.39 is 30.4 Å². The van der Waals surface area contributed by atoms with Crippen LogP contribution in [-0.4, -0.2) is 47.5 Å². The maximum Gasteiger partial charge on any atom is 0.326 e. The van der Waals surface area contributed by atoms with Crippen molar-refractivity contribution in [2.75, 3.05) is 13.6 Å². The van der Waals surface area contributed by atoms with E-state index in [1.807, 2.05) is 0 Å². The second-order valence-electron chi connectivity index (χ2n) is 3.82. The van der Waals surface area contributed by atoms with Gasteiger partial charge in [0.2, 0.25) is 5.91 Å². The molecule has 0 heterocycles. The molecule has 0 aromatic rings. The number of nitrogens with zero attached hydrogens (tertiary/aromatic N) is 1. The molecule has 17 heavy (non-hydrogen) atoms. The molecule has 0 fully saturated rings. The Hall–Kier alpha value is -2.05. The van der Waals surface area contributed by atoms with Crippen LogP contribution in [0.15, 0.2) is 12.2 Å². The number of carbonyl (C=O) groups excluding carboxylic acids is 2. The van der Waals surface area contributed by atoms with E-state index in [4.69, 9.17) is 10.8 Å². The van der Waals surface area contributed by atoms with Crippen LogP contribution in [0.25, 0.3) is 0 Å². The van der Waals surface area contributed by atoms with Gasteiger partial charge in [-0.2, -0.15) is 0 Å². The molecule has 0 aliphatic rings. The maximum atomic E-state index is 11.5. The SMILES string of the molecule is C=C(C)CN(C)C(=O)NC(CC(N)=O)C(=O)O. The van der Waals surface area contributed by atoms with Crippen molar-refractivity contribution in [1.82, 2.24) is 10.2 Å². The summed E-state index contributed by atoms with van der Waals surface area (Å²) in [7, 11) is 1.49. The molecule has 0 rings (SSSR count). The summed E-state index contributed by atoms with van der Waals surface area (Å²) in [5.74, 6) is -2.10. The lowest BCUT2D eigenvalue weighted by molar-refractivity contribution is -0.140. The van der Waals surface area contributed by atoms with Gasteiger partial charge in [0.15, 0.2) is 0 Å². The summed E-state index contributed by atoms with van der Waals surface area (Å²) in [6.45, 7) is 5.67. The van der Waals surface area contributed by atoms with Crippen LogP contribution < -0.4 is 11.1 Å². The highest BCUT2D eigenvalue weighted by Gasteiger charge is 2.23. The summed E-state index contributed by atoms with van der Waals surface area (Å²) in [5, 5.41) is 11.0. The molecule has 0 aromatic carbocycles. The third-order valence-corrected chi connectivity index (χ3v) is 1.85. The van der Waals surface area contributed by atoms with E-state index in [0.29, 0.717) is 6.54 Å². The molecule has 0 aromatic heterocycles. The fraction of sp³-hybridized carbons (Fsp3) is 0.500. The van der Waals surface area contributed by atoms with Gasteiger partial charge in [-0.1, -0.05) is 12.2 Å². The standard InChI is InChI=1S/C10H17N3O4/c1-6(2)5-13(3)10(17)12-7(9(15)16)4-8(11)14/h7H,1,4-5H2,2-3H3,(H2,11,14)(H,12,17)(H,15,16). The topological polar surface area (TPSA) is 113 Å². The summed E-state index contributed by atoms with van der Waals surface area (Å²) in [5.41, 5.74) is 5.64. The number of carboxylic acids is 1. The molecular weight excluding hydrogens is 226 g/mol. The Balaban J connectivity index is 4.44. The van der Waals surface area contributed by atoms with Crippen LogP contribution in [0.2, 0.25) is 0 Å². The zero-order chi connectivity index (χ0) is 13.6. The van der Waals surface area contributed by atoms with Crippen LogP contribution >= 0.6 is 0 Å². The van der Waals surface area contributed by atoms with E-state index in [1.54, 1.807) is 6.92 Å². The van der Waals surface area contributed by atoms with Crippen molar-refractivity contribution in [2.45, 2.75) is 19.4 Å². The number of carbonyl (C=O) groups is 3. The minimum atomic E-state index is -1.31. The second kappa shape index (κ2) is 6.51. The molecule has 0 saturated carbocycles. The number of nitrogens with one attached hydrogen (secondary N) is 1. The fourth-order valence-corrected chi connectivity index (χ4v) is 1.14. The zero-order valence-electron chi connectivity index (χ0n) is 9.90. The van der Waals surface area contributed by atoms with Gasteiger partial charge in [-0.25, -0.2) is 9.59 Å². The van der Waals surface area contributed by atoms with Gasteiger partial charge < -0.3 is 21.1 Å². The first-order valence-electron chi connectivity index (χ1n) is 4.91. The van der Waals surface area contributed by atoms with Crippen LogP contribution in [0.5, 0.6) is 0 Å². The molecule has 0 bridgehead atoms. The Labute approximate surface area is 99.3 Å². The third-order valence-electron chi connectivity index (χ3n) is 1.85. The van der Waals surface area contributed by atoms with E-state index in [2.05, 4.69) is 11.9 Å². The van der Waals surface area contributed by atoms with Gasteiger partial charge >= 0.3 is 12.0 Å². The number of likely N-dealkylation sites (N-methyl/N-ethyl adjacent to an activating group) is 1. The minimum absolute atomic E-state index is 0.300. The average molecular weight is 243 g/mol. The number of carboxylic acid groups (broad SMARTS) is 1. The van der Waals surface area contributed by atoms with Crippen molar-refractivity contribution in [3.63, 3.8) is 0 Å². The number of urea groups is 1. The first-order valence-corrected chi connectivity index (χ1v) is 4.91. The lowest BCUT2D eigenvalue weighted by Gasteiger charge is -2.20. The predicted octanol–water partition coefficient (Wildman–Crippen LogP) is -0.467. The predicted molar refractivity (Wildman–Crippen MR) is 61.2 cm³/mol. The highest BCUT2D eigenvalue weighted by atomic mass is 16.4. The van der Waals surface area contributed by atoms with Crippen molar-refractivity contribution >= 4 is 17.9 Å². The van der Waals surface area contributed by atoms with Gasteiger partial charge in [0.25, 0.3) is 0 Å². The highest BCUT2D eigenvalue weighted by molar-refractivity contribution is 5.87. The van der Waals surface area contributed by atoms with Crippen molar-refractivity contribution < 1.29 is 19.5 Å². The lowest BCUT2D eigenvalue weighted by atomic mass is 10.2. The molecule has 7 heteroatoms. The number of hydrogen-bond acceptors (Lipinski definition) is 3. The van der Waals surface area contributed by atoms with Gasteiger partial charge in [-0.05, 0) is 6.92 Å². The third kappa shape index (κ3) is 6.18. The summed E-state index contributed by atoms with van der Waals surface area (Å²) >= 11 is 0. The van der Waals surface area contributed by atoms with Crippen LogP contribution in [0.1, 0.15) is 13.3 Å². The molecule has 0 aliphatic heterocycles. The van der Waals surface area contributed by atoms with Crippen molar-refractivity contribution in [1.29, 1.82) is 0 Å². The maximum absolute atomic E-state index is 11.5. The molecule has 0 spiro atoms. The monoisotopic (exact) mass is 243 g/mol. The Morgan fingerprint density at radius 1 is 1.47 bits per heavy atom. The Morgan fingerprint density at radius 3 is 2.35 bits per heavy atom. The largest absolute Gasteiger partial charge is 0.480 e. The van der Waals surface area contributed by atoms with Crippen LogP contribution in [0.3, 0.4) is 0 Å². The normalized spacial score (nSPS) is 11.4. The number of amides is 3. The van der Waals surface area contributed by atoms with Gasteiger partial charge in [0.1, 0.15) is 6.04 Å². The Morgan fingerprint density at radius 2 is 2.00 bits per heavy atom. The summed E-state index contributed by atoms with van der Waals surface area (Å²) in [6, 6.07) is -1.91. The number of rotatable bonds is 6. The zero-order valence-corrected chi connectivity index (χ0v) is 9.90. The van der Waals surface area contributed by atoms with E-state index >= 15 is 0 Å². The first kappa shape index (κ1) is 14.9. The first-order chi connectivity index (χ1) is 7.73.